The van der Waals surface area contributed by atoms with Crippen LogP contribution < -0.4 is 0 Å². The van der Waals surface area contributed by atoms with E-state index in [1.165, 1.54) is 12.2 Å². The smallest absolute Gasteiger partial charge is 0.195 e. The molecule has 1 aliphatic carbocycles. The number of terminal acetylenes is 1. The Hall–Kier alpha value is -2.31. The highest BCUT2D eigenvalue weighted by Crippen LogP contribution is 2.25. The first-order chi connectivity index (χ1) is 6.17. The zero-order valence-corrected chi connectivity index (χ0v) is 6.61. The molecule has 0 saturated heterocycles. The number of hydrogen-bond donors (Lipinski definition) is 0. The van der Waals surface area contributed by atoms with Crippen LogP contribution in [0.15, 0.2) is 23.8 Å². The van der Waals surface area contributed by atoms with Gasteiger partial charge in [0.15, 0.2) is 11.2 Å². The Kier molecular flexibility index (Phi) is 2.01. The average Bonchev–Trinajstić information content (AvgIpc) is 2.19. The number of carbonyl (C=O) groups excluding carboxylic acids is 1. The average molecular weight is 168 g/mol. The minimum atomic E-state index is -1.24. The number of carbonyl (C=O) groups is 1. The standard InChI is InChI=1S/C10H4N2O/c1-2-10(7-12)4-3-9(13)8(5-10)6-11/h1,3-5H. The molecule has 13 heavy (non-hydrogen) atoms. The highest BCUT2D eigenvalue weighted by Gasteiger charge is 2.27. The summed E-state index contributed by atoms with van der Waals surface area (Å²) in [5.41, 5.74) is -1.32. The van der Waals surface area contributed by atoms with Crippen molar-refractivity contribution in [1.29, 1.82) is 10.5 Å². The van der Waals surface area contributed by atoms with Gasteiger partial charge in [0.05, 0.1) is 11.6 Å². The molecule has 60 valence electrons. The van der Waals surface area contributed by atoms with Crippen LogP contribution in [0.1, 0.15) is 0 Å². The monoisotopic (exact) mass is 168 g/mol. The van der Waals surface area contributed by atoms with Crippen LogP contribution >= 0.6 is 0 Å². The molecular formula is C10H4N2O. The molecule has 1 atom stereocenters. The van der Waals surface area contributed by atoms with Gasteiger partial charge in [0.25, 0.3) is 0 Å². The largest absolute Gasteiger partial charge is 0.289 e. The molecule has 0 radical (unpaired) electrons. The normalized spacial score (nSPS) is 25.3. The third-order valence-corrected chi connectivity index (χ3v) is 1.68. The summed E-state index contributed by atoms with van der Waals surface area (Å²) >= 11 is 0. The zero-order valence-electron chi connectivity index (χ0n) is 6.61. The number of hydrogen-bond acceptors (Lipinski definition) is 3. The summed E-state index contributed by atoms with van der Waals surface area (Å²) in [6.45, 7) is 0. The summed E-state index contributed by atoms with van der Waals surface area (Å²) in [5, 5.41) is 17.3. The van der Waals surface area contributed by atoms with E-state index in [0.29, 0.717) is 0 Å². The number of ketones is 1. The summed E-state index contributed by atoms with van der Waals surface area (Å²) in [6.07, 6.45) is 8.80. The molecule has 0 bridgehead atoms. The Balaban J connectivity index is 3.27. The van der Waals surface area contributed by atoms with Gasteiger partial charge in [-0.2, -0.15) is 10.5 Å². The number of nitrogens with zero attached hydrogens (tertiary/aromatic N) is 2. The Morgan fingerprint density at radius 3 is 2.62 bits per heavy atom. The first kappa shape index (κ1) is 8.78. The van der Waals surface area contributed by atoms with Crippen LogP contribution in [0.5, 0.6) is 0 Å². The van der Waals surface area contributed by atoms with Crippen molar-refractivity contribution < 1.29 is 4.79 Å². The third-order valence-electron chi connectivity index (χ3n) is 1.68. The van der Waals surface area contributed by atoms with Crippen LogP contribution in [-0.4, -0.2) is 5.78 Å². The first-order valence-corrected chi connectivity index (χ1v) is 3.43. The molecule has 0 N–H and O–H groups in total. The van der Waals surface area contributed by atoms with Gasteiger partial charge in [-0.25, -0.2) is 0 Å². The van der Waals surface area contributed by atoms with Gasteiger partial charge < -0.3 is 0 Å². The second-order valence-corrected chi connectivity index (χ2v) is 2.49. The van der Waals surface area contributed by atoms with Gasteiger partial charge in [-0.15, -0.1) is 6.42 Å². The van der Waals surface area contributed by atoms with Crippen molar-refractivity contribution in [3.8, 4) is 24.5 Å². The molecule has 1 aliphatic rings. The van der Waals surface area contributed by atoms with Gasteiger partial charge in [-0.05, 0) is 18.2 Å². The lowest BCUT2D eigenvalue weighted by Crippen LogP contribution is -2.16. The molecule has 3 nitrogen and oxygen atoms in total. The van der Waals surface area contributed by atoms with Crippen molar-refractivity contribution in [2.24, 2.45) is 5.41 Å². The lowest BCUT2D eigenvalue weighted by atomic mass is 9.83. The Morgan fingerprint density at radius 1 is 1.46 bits per heavy atom. The van der Waals surface area contributed by atoms with Gasteiger partial charge in [0, 0.05) is 0 Å². The van der Waals surface area contributed by atoms with E-state index in [1.807, 2.05) is 6.07 Å². The van der Waals surface area contributed by atoms with Crippen LogP contribution in [0, 0.1) is 40.4 Å². The first-order valence-electron chi connectivity index (χ1n) is 3.43. The zero-order chi connectivity index (χ0) is 9.90. The lowest BCUT2D eigenvalue weighted by molar-refractivity contribution is -0.111. The van der Waals surface area contributed by atoms with Gasteiger partial charge in [0.2, 0.25) is 0 Å². The number of allylic oxidation sites excluding steroid dienone is 4. The second kappa shape index (κ2) is 2.97. The predicted octanol–water partition coefficient (Wildman–Crippen LogP) is 0.718. The van der Waals surface area contributed by atoms with E-state index in [4.69, 9.17) is 16.9 Å². The molecule has 0 aromatic carbocycles. The lowest BCUT2D eigenvalue weighted by Gasteiger charge is -2.13. The maximum Gasteiger partial charge on any atom is 0.195 e. The van der Waals surface area contributed by atoms with E-state index in [-0.39, 0.29) is 5.57 Å². The summed E-state index contributed by atoms with van der Waals surface area (Å²) in [4.78, 5) is 11.0. The predicted molar refractivity (Wildman–Crippen MR) is 44.7 cm³/mol. The maximum atomic E-state index is 11.0. The molecule has 1 rings (SSSR count). The van der Waals surface area contributed by atoms with Crippen LogP contribution in [0.25, 0.3) is 0 Å². The Morgan fingerprint density at radius 2 is 2.15 bits per heavy atom. The highest BCUT2D eigenvalue weighted by atomic mass is 16.1. The summed E-state index contributed by atoms with van der Waals surface area (Å²) in [7, 11) is 0. The minimum Gasteiger partial charge on any atom is -0.289 e. The molecule has 3 heteroatoms. The highest BCUT2D eigenvalue weighted by molar-refractivity contribution is 6.08. The fourth-order valence-electron chi connectivity index (χ4n) is 0.923. The fourth-order valence-corrected chi connectivity index (χ4v) is 0.923. The van der Waals surface area contributed by atoms with Crippen LogP contribution in [-0.2, 0) is 4.79 Å². The van der Waals surface area contributed by atoms with E-state index >= 15 is 0 Å². The van der Waals surface area contributed by atoms with E-state index in [0.717, 1.165) is 6.08 Å². The molecule has 1 unspecified atom stereocenters. The topological polar surface area (TPSA) is 64.7 Å². The molecule has 0 heterocycles. The minimum absolute atomic E-state index is 0.0815. The Bertz CT molecular complexity index is 421. The summed E-state index contributed by atoms with van der Waals surface area (Å²) in [6, 6.07) is 3.54. The van der Waals surface area contributed by atoms with E-state index in [1.54, 1.807) is 6.07 Å². The Labute approximate surface area is 75.6 Å². The summed E-state index contributed by atoms with van der Waals surface area (Å²) in [5.74, 6) is 1.81. The number of rotatable bonds is 0. The van der Waals surface area contributed by atoms with Crippen LogP contribution in [0.2, 0.25) is 0 Å². The van der Waals surface area contributed by atoms with Crippen LogP contribution in [0.3, 0.4) is 0 Å². The van der Waals surface area contributed by atoms with Crippen molar-refractivity contribution in [3.63, 3.8) is 0 Å². The van der Waals surface area contributed by atoms with Gasteiger partial charge in [-0.1, -0.05) is 5.92 Å². The molecule has 0 amide bonds. The van der Waals surface area contributed by atoms with Gasteiger partial charge >= 0.3 is 0 Å². The van der Waals surface area contributed by atoms with Crippen molar-refractivity contribution in [3.05, 3.63) is 23.8 Å². The quantitative estimate of drug-likeness (QED) is 0.500. The fraction of sp³-hybridized carbons (Fsp3) is 0.100. The van der Waals surface area contributed by atoms with Crippen molar-refractivity contribution in [2.45, 2.75) is 0 Å². The molecule has 0 aromatic heterocycles. The van der Waals surface area contributed by atoms with Crippen molar-refractivity contribution in [1.82, 2.24) is 0 Å². The van der Waals surface area contributed by atoms with Crippen molar-refractivity contribution in [2.75, 3.05) is 0 Å². The molecule has 0 aliphatic heterocycles. The molecule has 0 fully saturated rings. The molecule has 0 spiro atoms. The van der Waals surface area contributed by atoms with Gasteiger partial charge in [0.1, 0.15) is 6.07 Å². The van der Waals surface area contributed by atoms with Gasteiger partial charge in [-0.3, -0.25) is 4.79 Å². The molecule has 0 aromatic rings. The number of nitriles is 2. The van der Waals surface area contributed by atoms with E-state index in [2.05, 4.69) is 5.92 Å². The molecule has 0 saturated carbocycles. The van der Waals surface area contributed by atoms with Crippen molar-refractivity contribution >= 4 is 5.78 Å². The molecular weight excluding hydrogens is 164 g/mol. The maximum absolute atomic E-state index is 11.0. The van der Waals surface area contributed by atoms with E-state index < -0.39 is 11.2 Å². The van der Waals surface area contributed by atoms with E-state index in [9.17, 15) is 4.79 Å². The summed E-state index contributed by atoms with van der Waals surface area (Å²) < 4.78 is 0. The SMILES string of the molecule is C#CC1(C#N)C=CC(=O)C(C#N)=C1. The second-order valence-electron chi connectivity index (χ2n) is 2.49. The van der Waals surface area contributed by atoms with Crippen LogP contribution in [0.4, 0.5) is 0 Å². The third kappa shape index (κ3) is 1.34.